The van der Waals surface area contributed by atoms with Gasteiger partial charge in [0, 0.05) is 12.6 Å². The molecule has 90 valence electrons. The van der Waals surface area contributed by atoms with Gasteiger partial charge in [-0.2, -0.15) is 13.2 Å². The first-order valence-corrected chi connectivity index (χ1v) is 4.89. The van der Waals surface area contributed by atoms with Crippen LogP contribution in [-0.4, -0.2) is 6.04 Å². The first-order valence-electron chi connectivity index (χ1n) is 4.89. The Balaban J connectivity index is 2.83. The summed E-state index contributed by atoms with van der Waals surface area (Å²) in [4.78, 5) is 0. The highest BCUT2D eigenvalue weighted by Crippen LogP contribution is 2.31. The number of hydrogen-bond donors (Lipinski definition) is 1. The van der Waals surface area contributed by atoms with E-state index < -0.39 is 17.6 Å². The van der Waals surface area contributed by atoms with Crippen molar-refractivity contribution < 1.29 is 17.6 Å². The lowest BCUT2D eigenvalue weighted by Gasteiger charge is -2.11. The summed E-state index contributed by atoms with van der Waals surface area (Å²) in [7, 11) is 0. The molecule has 1 nitrogen and oxygen atoms in total. The maximum absolute atomic E-state index is 13.1. The van der Waals surface area contributed by atoms with Crippen LogP contribution in [0.25, 0.3) is 0 Å². The van der Waals surface area contributed by atoms with E-state index >= 15 is 0 Å². The minimum absolute atomic E-state index is 0.199. The van der Waals surface area contributed by atoms with Crippen LogP contribution in [-0.2, 0) is 12.7 Å². The SMILES string of the molecule is CC(C)NCc1ccc(C(F)(F)F)c(F)c1. The van der Waals surface area contributed by atoms with E-state index in [1.807, 2.05) is 13.8 Å². The predicted octanol–water partition coefficient (Wildman–Crippen LogP) is 3.34. The van der Waals surface area contributed by atoms with E-state index in [9.17, 15) is 17.6 Å². The third kappa shape index (κ3) is 3.48. The fourth-order valence-corrected chi connectivity index (χ4v) is 1.22. The number of benzene rings is 1. The van der Waals surface area contributed by atoms with Crippen LogP contribution in [0.1, 0.15) is 25.0 Å². The number of rotatable bonds is 3. The summed E-state index contributed by atoms with van der Waals surface area (Å²) >= 11 is 0. The molecule has 0 aliphatic rings. The molecule has 16 heavy (non-hydrogen) atoms. The average Bonchev–Trinajstić information content (AvgIpc) is 2.12. The second kappa shape index (κ2) is 4.82. The second-order valence-electron chi connectivity index (χ2n) is 3.85. The molecule has 5 heteroatoms. The molecule has 1 aromatic rings. The van der Waals surface area contributed by atoms with E-state index in [4.69, 9.17) is 0 Å². The Morgan fingerprint density at radius 1 is 1.25 bits per heavy atom. The summed E-state index contributed by atoms with van der Waals surface area (Å²) in [6.45, 7) is 4.16. The number of hydrogen-bond acceptors (Lipinski definition) is 1. The van der Waals surface area contributed by atoms with Gasteiger partial charge >= 0.3 is 6.18 Å². The number of alkyl halides is 3. The molecule has 1 aromatic carbocycles. The van der Waals surface area contributed by atoms with Crippen LogP contribution in [0, 0.1) is 5.82 Å². The van der Waals surface area contributed by atoms with Crippen molar-refractivity contribution in [3.63, 3.8) is 0 Å². The lowest BCUT2D eigenvalue weighted by molar-refractivity contribution is -0.140. The molecule has 0 amide bonds. The number of halogens is 4. The van der Waals surface area contributed by atoms with E-state index in [1.54, 1.807) is 0 Å². The van der Waals surface area contributed by atoms with Crippen LogP contribution in [0.4, 0.5) is 17.6 Å². The van der Waals surface area contributed by atoms with Gasteiger partial charge in [-0.1, -0.05) is 19.9 Å². The molecule has 0 heterocycles. The molecule has 0 saturated carbocycles. The second-order valence-corrected chi connectivity index (χ2v) is 3.85. The van der Waals surface area contributed by atoms with Gasteiger partial charge in [0.05, 0.1) is 5.56 Å². The summed E-state index contributed by atoms with van der Waals surface area (Å²) in [5.74, 6) is -1.23. The zero-order valence-electron chi connectivity index (χ0n) is 9.03. The molecule has 0 fully saturated rings. The van der Waals surface area contributed by atoms with Gasteiger partial charge < -0.3 is 5.32 Å². The summed E-state index contributed by atoms with van der Waals surface area (Å²) in [5.41, 5.74) is -0.722. The molecule has 0 aliphatic heterocycles. The molecule has 1 rings (SSSR count). The third-order valence-corrected chi connectivity index (χ3v) is 2.05. The lowest BCUT2D eigenvalue weighted by Crippen LogP contribution is -2.22. The van der Waals surface area contributed by atoms with Crippen molar-refractivity contribution in [2.45, 2.75) is 32.6 Å². The van der Waals surface area contributed by atoms with E-state index in [-0.39, 0.29) is 6.04 Å². The summed E-state index contributed by atoms with van der Waals surface area (Å²) < 4.78 is 49.8. The largest absolute Gasteiger partial charge is 0.419 e. The Morgan fingerprint density at radius 3 is 2.31 bits per heavy atom. The molecule has 0 unspecified atom stereocenters. The Morgan fingerprint density at radius 2 is 1.88 bits per heavy atom. The molecule has 0 spiro atoms. The van der Waals surface area contributed by atoms with Crippen LogP contribution in [0.5, 0.6) is 0 Å². The molecular formula is C11H13F4N. The lowest BCUT2D eigenvalue weighted by atomic mass is 10.1. The van der Waals surface area contributed by atoms with Crippen molar-refractivity contribution in [1.82, 2.24) is 5.32 Å². The molecule has 0 bridgehead atoms. The fraction of sp³-hybridized carbons (Fsp3) is 0.455. The van der Waals surface area contributed by atoms with Gasteiger partial charge in [0.25, 0.3) is 0 Å². The van der Waals surface area contributed by atoms with E-state index in [0.29, 0.717) is 12.1 Å². The van der Waals surface area contributed by atoms with Crippen molar-refractivity contribution in [3.05, 3.63) is 35.1 Å². The van der Waals surface area contributed by atoms with Gasteiger partial charge in [-0.3, -0.25) is 0 Å². The van der Waals surface area contributed by atoms with Crippen LogP contribution in [0.3, 0.4) is 0 Å². The van der Waals surface area contributed by atoms with Crippen molar-refractivity contribution in [3.8, 4) is 0 Å². The van der Waals surface area contributed by atoms with Gasteiger partial charge in [0.1, 0.15) is 5.82 Å². The Bertz CT molecular complexity index is 357. The summed E-state index contributed by atoms with van der Waals surface area (Å²) in [6, 6.07) is 3.16. The molecule has 0 saturated heterocycles. The van der Waals surface area contributed by atoms with Crippen molar-refractivity contribution in [2.24, 2.45) is 0 Å². The predicted molar refractivity (Wildman–Crippen MR) is 53.4 cm³/mol. The Hall–Kier alpha value is -1.10. The molecular weight excluding hydrogens is 222 g/mol. The van der Waals surface area contributed by atoms with Crippen molar-refractivity contribution in [1.29, 1.82) is 0 Å². The topological polar surface area (TPSA) is 12.0 Å². The number of nitrogens with one attached hydrogen (secondary N) is 1. The van der Waals surface area contributed by atoms with Gasteiger partial charge in [-0.05, 0) is 17.7 Å². The van der Waals surface area contributed by atoms with E-state index in [1.165, 1.54) is 6.07 Å². The Labute approximate surface area is 91.5 Å². The van der Waals surface area contributed by atoms with E-state index in [0.717, 1.165) is 12.1 Å². The van der Waals surface area contributed by atoms with Crippen LogP contribution >= 0.6 is 0 Å². The van der Waals surface area contributed by atoms with Gasteiger partial charge in [-0.25, -0.2) is 4.39 Å². The van der Waals surface area contributed by atoms with Gasteiger partial charge in [0.2, 0.25) is 0 Å². The van der Waals surface area contributed by atoms with Crippen LogP contribution < -0.4 is 5.32 Å². The minimum atomic E-state index is -4.63. The zero-order chi connectivity index (χ0) is 12.3. The molecule has 0 radical (unpaired) electrons. The van der Waals surface area contributed by atoms with Crippen LogP contribution in [0.2, 0.25) is 0 Å². The zero-order valence-corrected chi connectivity index (χ0v) is 9.03. The normalized spacial score (nSPS) is 12.2. The quantitative estimate of drug-likeness (QED) is 0.792. The first-order chi connectivity index (χ1) is 7.30. The fourth-order valence-electron chi connectivity index (χ4n) is 1.22. The van der Waals surface area contributed by atoms with Gasteiger partial charge in [0.15, 0.2) is 0 Å². The first kappa shape index (κ1) is 13.0. The van der Waals surface area contributed by atoms with Gasteiger partial charge in [-0.15, -0.1) is 0 Å². The highest BCUT2D eigenvalue weighted by molar-refractivity contribution is 5.26. The molecule has 0 atom stereocenters. The highest BCUT2D eigenvalue weighted by atomic mass is 19.4. The summed E-state index contributed by atoms with van der Waals surface area (Å²) in [6.07, 6.45) is -4.63. The molecule has 0 aliphatic carbocycles. The Kier molecular flexibility index (Phi) is 3.91. The monoisotopic (exact) mass is 235 g/mol. The van der Waals surface area contributed by atoms with E-state index in [2.05, 4.69) is 5.32 Å². The van der Waals surface area contributed by atoms with Crippen LogP contribution in [0.15, 0.2) is 18.2 Å². The maximum atomic E-state index is 13.1. The third-order valence-electron chi connectivity index (χ3n) is 2.05. The molecule has 1 N–H and O–H groups in total. The van der Waals surface area contributed by atoms with Crippen molar-refractivity contribution >= 4 is 0 Å². The standard InChI is InChI=1S/C11H13F4N/c1-7(2)16-6-8-3-4-9(10(12)5-8)11(13,14)15/h3-5,7,16H,6H2,1-2H3. The summed E-state index contributed by atoms with van der Waals surface area (Å²) in [5, 5.41) is 3.00. The smallest absolute Gasteiger partial charge is 0.310 e. The maximum Gasteiger partial charge on any atom is 0.419 e. The molecule has 0 aromatic heterocycles. The minimum Gasteiger partial charge on any atom is -0.310 e. The highest BCUT2D eigenvalue weighted by Gasteiger charge is 2.33. The van der Waals surface area contributed by atoms with Crippen molar-refractivity contribution in [2.75, 3.05) is 0 Å². The average molecular weight is 235 g/mol.